The van der Waals surface area contributed by atoms with Crippen molar-refractivity contribution in [3.63, 3.8) is 0 Å². The number of carboxylic acid groups (broad SMARTS) is 1. The molecule has 3 aromatic carbocycles. The van der Waals surface area contributed by atoms with Crippen molar-refractivity contribution in [2.24, 2.45) is 0 Å². The number of phenols is 3. The average Bonchev–Trinajstić information content (AvgIpc) is 3.52. The van der Waals surface area contributed by atoms with Crippen LogP contribution >= 0.6 is 0 Å². The number of halogens is 2. The maximum absolute atomic E-state index is 14.7. The van der Waals surface area contributed by atoms with Gasteiger partial charge in [-0.25, -0.2) is 28.1 Å². The van der Waals surface area contributed by atoms with Crippen LogP contribution in [0.4, 0.5) is 18.4 Å². The number of aromatic carboxylic acids is 1. The lowest BCUT2D eigenvalue weighted by Crippen LogP contribution is -2.56. The first-order valence-electron chi connectivity index (χ1n) is 16.5. The third-order valence-electron chi connectivity index (χ3n) is 9.69. The molecule has 3 aromatic rings. The number of fused-ring (bicyclic) bond motifs is 1. The number of hydrogen-bond donors (Lipinski definition) is 7. The summed E-state index contributed by atoms with van der Waals surface area (Å²) in [5, 5.41) is 55.0. The van der Waals surface area contributed by atoms with E-state index < -0.39 is 77.5 Å². The second-order valence-electron chi connectivity index (χ2n) is 12.9. The van der Waals surface area contributed by atoms with Crippen molar-refractivity contribution in [2.75, 3.05) is 26.2 Å². The Morgan fingerprint density at radius 3 is 2.36 bits per heavy atom. The van der Waals surface area contributed by atoms with Crippen molar-refractivity contribution in [3.05, 3.63) is 81.9 Å². The highest BCUT2D eigenvalue weighted by molar-refractivity contribution is 6.47. The van der Waals surface area contributed by atoms with Crippen LogP contribution in [0.5, 0.6) is 23.0 Å². The van der Waals surface area contributed by atoms with Crippen LogP contribution in [0.1, 0.15) is 56.3 Å². The van der Waals surface area contributed by atoms with Gasteiger partial charge in [-0.1, -0.05) is 12.1 Å². The molecule has 0 saturated carbocycles. The molecule has 0 aliphatic carbocycles. The zero-order chi connectivity index (χ0) is 38.3. The number of urea groups is 2. The van der Waals surface area contributed by atoms with Crippen molar-refractivity contribution in [3.8, 4) is 23.0 Å². The van der Waals surface area contributed by atoms with Crippen LogP contribution in [0.3, 0.4) is 0 Å². The van der Waals surface area contributed by atoms with E-state index in [2.05, 4.69) is 10.6 Å². The molecule has 2 atom stereocenters. The molecule has 0 spiro atoms. The number of imide groups is 1. The van der Waals surface area contributed by atoms with Crippen molar-refractivity contribution in [1.82, 2.24) is 25.3 Å². The Kier molecular flexibility index (Phi) is 10.0. The number of carbonyl (C=O) groups is 5. The fraction of sp³-hybridized carbons (Fsp3) is 0.324. The van der Waals surface area contributed by atoms with Gasteiger partial charge in [-0.2, -0.15) is 0 Å². The molecule has 278 valence electrons. The molecular formula is C34H34BF2N5O11. The van der Waals surface area contributed by atoms with Crippen LogP contribution in [0.2, 0.25) is 0 Å². The summed E-state index contributed by atoms with van der Waals surface area (Å²) in [6.45, 7) is 1.89. The van der Waals surface area contributed by atoms with Crippen LogP contribution in [0.15, 0.2) is 42.5 Å². The number of likely N-dealkylation sites (tertiary alicyclic amines) is 1. The van der Waals surface area contributed by atoms with E-state index in [0.29, 0.717) is 37.6 Å². The fourth-order valence-corrected chi connectivity index (χ4v) is 6.84. The SMILES string of the molecule is Cc1c([C@@H](NC(=O)N2CCN(C3CCN(C(=O)c4cccc(O)c4)CC3)C2=O)C(=O)N[C@H]2Cc3ccc(F)c(C(=O)O)c3OB2O)cc(F)c(O)c1O. The molecule has 53 heavy (non-hydrogen) atoms. The topological polar surface area (TPSA) is 230 Å². The lowest BCUT2D eigenvalue weighted by molar-refractivity contribution is -0.123. The van der Waals surface area contributed by atoms with Crippen molar-refractivity contribution in [1.29, 1.82) is 0 Å². The van der Waals surface area contributed by atoms with Gasteiger partial charge >= 0.3 is 25.1 Å². The second-order valence-corrected chi connectivity index (χ2v) is 12.9. The summed E-state index contributed by atoms with van der Waals surface area (Å²) in [5.74, 6) is -9.25. The molecule has 3 aliphatic heterocycles. The Labute approximate surface area is 300 Å². The van der Waals surface area contributed by atoms with Crippen LogP contribution < -0.4 is 15.3 Å². The monoisotopic (exact) mass is 737 g/mol. The first-order valence-corrected chi connectivity index (χ1v) is 16.5. The molecule has 6 amide bonds. The zero-order valence-corrected chi connectivity index (χ0v) is 28.1. The van der Waals surface area contributed by atoms with Crippen molar-refractivity contribution >= 4 is 37.0 Å². The van der Waals surface area contributed by atoms with E-state index in [1.165, 1.54) is 30.0 Å². The molecule has 7 N–H and O–H groups in total. The third-order valence-corrected chi connectivity index (χ3v) is 9.69. The molecular weight excluding hydrogens is 703 g/mol. The minimum absolute atomic E-state index is 0.0470. The summed E-state index contributed by atoms with van der Waals surface area (Å²) in [6, 6.07) is 4.85. The Balaban J connectivity index is 1.17. The van der Waals surface area contributed by atoms with E-state index in [0.717, 1.165) is 11.0 Å². The molecule has 0 bridgehead atoms. The predicted molar refractivity (Wildman–Crippen MR) is 179 cm³/mol. The third kappa shape index (κ3) is 7.06. The zero-order valence-electron chi connectivity index (χ0n) is 28.1. The molecule has 0 radical (unpaired) electrons. The number of piperidine rings is 1. The fourth-order valence-electron chi connectivity index (χ4n) is 6.84. The smallest absolute Gasteiger partial charge is 0.534 e. The highest BCUT2D eigenvalue weighted by Crippen LogP contribution is 2.37. The van der Waals surface area contributed by atoms with Gasteiger partial charge in [-0.05, 0) is 67.6 Å². The Bertz CT molecular complexity index is 2010. The van der Waals surface area contributed by atoms with Gasteiger partial charge in [0.15, 0.2) is 17.3 Å². The van der Waals surface area contributed by atoms with Gasteiger partial charge in [0.2, 0.25) is 5.91 Å². The number of rotatable bonds is 7. The molecule has 16 nitrogen and oxygen atoms in total. The van der Waals surface area contributed by atoms with E-state index in [4.69, 9.17) is 4.65 Å². The van der Waals surface area contributed by atoms with Gasteiger partial charge in [0.1, 0.15) is 28.9 Å². The summed E-state index contributed by atoms with van der Waals surface area (Å²) in [6.07, 6.45) is 0.546. The molecule has 3 heterocycles. The number of phenolic OH excluding ortho intramolecular Hbond substituents is 3. The van der Waals surface area contributed by atoms with Gasteiger partial charge in [-0.15, -0.1) is 0 Å². The van der Waals surface area contributed by atoms with Gasteiger partial charge < -0.3 is 50.5 Å². The van der Waals surface area contributed by atoms with Crippen molar-refractivity contribution < 1.29 is 62.9 Å². The maximum Gasteiger partial charge on any atom is 0.547 e. The molecule has 19 heteroatoms. The summed E-state index contributed by atoms with van der Waals surface area (Å²) in [4.78, 5) is 69.5. The predicted octanol–water partition coefficient (Wildman–Crippen LogP) is 2.02. The van der Waals surface area contributed by atoms with Crippen molar-refractivity contribution in [2.45, 2.75) is 44.2 Å². The number of hydrogen-bond acceptors (Lipinski definition) is 10. The first-order chi connectivity index (χ1) is 25.2. The molecule has 0 aromatic heterocycles. The minimum Gasteiger partial charge on any atom is -0.534 e. The lowest BCUT2D eigenvalue weighted by atomic mass is 9.72. The van der Waals surface area contributed by atoms with E-state index in [1.54, 1.807) is 17.0 Å². The van der Waals surface area contributed by atoms with E-state index in [-0.39, 0.29) is 53.9 Å². The molecule has 2 fully saturated rings. The van der Waals surface area contributed by atoms with Crippen LogP contribution in [-0.4, -0.2) is 115 Å². The van der Waals surface area contributed by atoms with Gasteiger partial charge in [0, 0.05) is 43.3 Å². The summed E-state index contributed by atoms with van der Waals surface area (Å²) < 4.78 is 34.2. The largest absolute Gasteiger partial charge is 0.547 e. The number of carboxylic acids is 1. The Hall–Kier alpha value is -6.11. The number of nitrogens with one attached hydrogen (secondary N) is 2. The highest BCUT2D eigenvalue weighted by atomic mass is 19.1. The normalized spacial score (nSPS) is 18.0. The Morgan fingerprint density at radius 1 is 0.962 bits per heavy atom. The molecule has 6 rings (SSSR count). The van der Waals surface area contributed by atoms with Crippen LogP contribution in [-0.2, 0) is 11.2 Å². The van der Waals surface area contributed by atoms with Crippen LogP contribution in [0.25, 0.3) is 0 Å². The number of aromatic hydroxyl groups is 3. The van der Waals surface area contributed by atoms with Gasteiger partial charge in [0.25, 0.3) is 5.91 Å². The van der Waals surface area contributed by atoms with Gasteiger partial charge in [-0.3, -0.25) is 9.59 Å². The first kappa shape index (κ1) is 36.7. The number of amides is 6. The average molecular weight is 737 g/mol. The maximum atomic E-state index is 14.7. The quantitative estimate of drug-likeness (QED) is 0.137. The number of nitrogens with zero attached hydrogens (tertiary/aromatic N) is 3. The van der Waals surface area contributed by atoms with E-state index in [1.807, 2.05) is 0 Å². The molecule has 3 aliphatic rings. The molecule has 2 saturated heterocycles. The summed E-state index contributed by atoms with van der Waals surface area (Å²) >= 11 is 0. The summed E-state index contributed by atoms with van der Waals surface area (Å²) in [5.41, 5.74) is -0.881. The van der Waals surface area contributed by atoms with E-state index >= 15 is 0 Å². The standard InChI is InChI=1S/C34H34BF2N5O11/c1-16-21(15-23(37)28(45)27(16)44)26(30(46)38-24-14-17-5-6-22(36)25(32(48)49)29(17)53-35(24)52)39-33(50)42-12-11-41(34(42)51)19-7-9-40(10-8-19)31(47)18-3-2-4-20(43)13-18/h2-6,13,15,19,24,26,43-45,52H,7-12,14H2,1H3,(H,38,46)(H,39,50)(H,48,49)/t24-,26+/m0/s1. The van der Waals surface area contributed by atoms with Gasteiger partial charge in [0.05, 0.1) is 5.94 Å². The number of carbonyl (C=O) groups excluding carboxylic acids is 4. The van der Waals surface area contributed by atoms with Crippen LogP contribution in [0, 0.1) is 18.6 Å². The molecule has 0 unspecified atom stereocenters. The highest BCUT2D eigenvalue weighted by Gasteiger charge is 2.43. The summed E-state index contributed by atoms with van der Waals surface area (Å²) in [7, 11) is -1.90. The van der Waals surface area contributed by atoms with E-state index in [9.17, 15) is 58.2 Å². The second kappa shape index (κ2) is 14.5. The minimum atomic E-state index is -1.90. The Morgan fingerprint density at radius 2 is 1.68 bits per heavy atom. The number of benzene rings is 3. The lowest BCUT2D eigenvalue weighted by Gasteiger charge is -2.36.